The lowest BCUT2D eigenvalue weighted by Gasteiger charge is -2.18. The van der Waals surface area contributed by atoms with Crippen LogP contribution >= 0.6 is 15.9 Å². The van der Waals surface area contributed by atoms with Gasteiger partial charge in [-0.15, -0.1) is 0 Å². The van der Waals surface area contributed by atoms with E-state index >= 15 is 0 Å². The molecule has 4 nitrogen and oxygen atoms in total. The Kier molecular flexibility index (Phi) is 5.02. The van der Waals surface area contributed by atoms with Gasteiger partial charge in [-0.05, 0) is 40.8 Å². The van der Waals surface area contributed by atoms with Gasteiger partial charge in [0.05, 0.1) is 9.40 Å². The van der Waals surface area contributed by atoms with Gasteiger partial charge >= 0.3 is 0 Å². The molecule has 0 amide bonds. The number of Topliss-reactive ketones (excluding diaryl/α,β-unsaturated/α-hetero) is 1. The summed E-state index contributed by atoms with van der Waals surface area (Å²) in [5.74, 6) is 0.223. The van der Waals surface area contributed by atoms with Gasteiger partial charge in [0.15, 0.2) is 0 Å². The van der Waals surface area contributed by atoms with Crippen LogP contribution in [0.2, 0.25) is 0 Å². The van der Waals surface area contributed by atoms with Crippen molar-refractivity contribution in [2.75, 3.05) is 0 Å². The Bertz CT molecular complexity index is 471. The first-order chi connectivity index (χ1) is 8.34. The van der Waals surface area contributed by atoms with Crippen LogP contribution in [0.4, 0.5) is 5.69 Å². The molecule has 0 saturated carbocycles. The summed E-state index contributed by atoms with van der Waals surface area (Å²) in [5, 5.41) is 10.8. The average Bonchev–Trinajstić information content (AvgIpc) is 2.26. The number of nitro groups is 1. The van der Waals surface area contributed by atoms with Crippen molar-refractivity contribution in [2.45, 2.75) is 27.2 Å². The molecular formula is C13H16BrNO3. The molecule has 98 valence electrons. The monoisotopic (exact) mass is 313 g/mol. The number of halogens is 1. The molecule has 0 aliphatic rings. The second-order valence-electron chi connectivity index (χ2n) is 4.67. The SMILES string of the molecule is CC(=O)C(Cc1cccc([N+](=O)[O-])c1Br)C(C)C. The second-order valence-corrected chi connectivity index (χ2v) is 5.47. The first kappa shape index (κ1) is 14.8. The molecule has 0 radical (unpaired) electrons. The Balaban J connectivity index is 3.07. The van der Waals surface area contributed by atoms with E-state index in [0.717, 1.165) is 5.56 Å². The zero-order valence-corrected chi connectivity index (χ0v) is 12.2. The summed E-state index contributed by atoms with van der Waals surface area (Å²) >= 11 is 3.26. The maximum Gasteiger partial charge on any atom is 0.283 e. The van der Waals surface area contributed by atoms with Crippen LogP contribution in [-0.2, 0) is 11.2 Å². The lowest BCUT2D eigenvalue weighted by Crippen LogP contribution is -2.20. The van der Waals surface area contributed by atoms with Crippen LogP contribution in [0, 0.1) is 22.0 Å². The maximum atomic E-state index is 11.6. The van der Waals surface area contributed by atoms with Gasteiger partial charge in [0.2, 0.25) is 0 Å². The molecule has 18 heavy (non-hydrogen) atoms. The largest absolute Gasteiger partial charge is 0.300 e. The number of carbonyl (C=O) groups is 1. The topological polar surface area (TPSA) is 60.2 Å². The van der Waals surface area contributed by atoms with E-state index in [1.54, 1.807) is 13.0 Å². The van der Waals surface area contributed by atoms with E-state index in [2.05, 4.69) is 15.9 Å². The highest BCUT2D eigenvalue weighted by atomic mass is 79.9. The van der Waals surface area contributed by atoms with Crippen molar-refractivity contribution in [1.82, 2.24) is 0 Å². The average molecular weight is 314 g/mol. The zero-order valence-electron chi connectivity index (χ0n) is 10.6. The Morgan fingerprint density at radius 3 is 2.50 bits per heavy atom. The Morgan fingerprint density at radius 1 is 1.44 bits per heavy atom. The van der Waals surface area contributed by atoms with Gasteiger partial charge in [-0.2, -0.15) is 0 Å². The molecule has 1 aromatic carbocycles. The van der Waals surface area contributed by atoms with E-state index in [0.29, 0.717) is 10.9 Å². The Labute approximate surface area is 115 Å². The molecule has 0 aromatic heterocycles. The number of ketones is 1. The third-order valence-electron chi connectivity index (χ3n) is 3.02. The van der Waals surface area contributed by atoms with E-state index in [1.807, 2.05) is 19.9 Å². The molecule has 5 heteroatoms. The van der Waals surface area contributed by atoms with Crippen molar-refractivity contribution in [3.8, 4) is 0 Å². The van der Waals surface area contributed by atoms with Gasteiger partial charge in [-0.25, -0.2) is 0 Å². The highest BCUT2D eigenvalue weighted by Crippen LogP contribution is 2.31. The van der Waals surface area contributed by atoms with E-state index in [4.69, 9.17) is 0 Å². The van der Waals surface area contributed by atoms with Crippen LogP contribution in [0.5, 0.6) is 0 Å². The smallest absolute Gasteiger partial charge is 0.283 e. The summed E-state index contributed by atoms with van der Waals surface area (Å²) in [7, 11) is 0. The van der Waals surface area contributed by atoms with Crippen LogP contribution in [0.1, 0.15) is 26.3 Å². The predicted molar refractivity (Wildman–Crippen MR) is 73.5 cm³/mol. The quantitative estimate of drug-likeness (QED) is 0.614. The Hall–Kier alpha value is -1.23. The van der Waals surface area contributed by atoms with Crippen LogP contribution in [0.3, 0.4) is 0 Å². The summed E-state index contributed by atoms with van der Waals surface area (Å²) in [6.45, 7) is 5.53. The van der Waals surface area contributed by atoms with Gasteiger partial charge in [0.1, 0.15) is 5.78 Å². The van der Waals surface area contributed by atoms with Crippen molar-refractivity contribution in [3.05, 3.63) is 38.3 Å². The predicted octanol–water partition coefficient (Wildman–Crippen LogP) is 3.76. The van der Waals surface area contributed by atoms with Crippen molar-refractivity contribution in [3.63, 3.8) is 0 Å². The molecule has 0 N–H and O–H groups in total. The van der Waals surface area contributed by atoms with Gasteiger partial charge in [-0.1, -0.05) is 26.0 Å². The summed E-state index contributed by atoms with van der Waals surface area (Å²) in [5.41, 5.74) is 0.844. The minimum absolute atomic E-state index is 0.0403. The molecule has 0 aliphatic heterocycles. The number of benzene rings is 1. The van der Waals surface area contributed by atoms with Crippen LogP contribution < -0.4 is 0 Å². The Morgan fingerprint density at radius 2 is 2.06 bits per heavy atom. The molecule has 0 fully saturated rings. The second kappa shape index (κ2) is 6.09. The first-order valence-electron chi connectivity index (χ1n) is 5.76. The highest BCUT2D eigenvalue weighted by Gasteiger charge is 2.22. The molecule has 1 unspecified atom stereocenters. The summed E-state index contributed by atoms with van der Waals surface area (Å²) in [4.78, 5) is 22.0. The molecule has 0 saturated heterocycles. The number of nitro benzene ring substituents is 1. The van der Waals surface area contributed by atoms with Crippen molar-refractivity contribution in [2.24, 2.45) is 11.8 Å². The van der Waals surface area contributed by atoms with Crippen LogP contribution in [0.15, 0.2) is 22.7 Å². The van der Waals surface area contributed by atoms with Crippen molar-refractivity contribution >= 4 is 27.4 Å². The fraction of sp³-hybridized carbons (Fsp3) is 0.462. The third-order valence-corrected chi connectivity index (χ3v) is 3.94. The van der Waals surface area contributed by atoms with Gasteiger partial charge < -0.3 is 0 Å². The van der Waals surface area contributed by atoms with E-state index in [-0.39, 0.29) is 23.3 Å². The van der Waals surface area contributed by atoms with Gasteiger partial charge in [0.25, 0.3) is 5.69 Å². The number of carbonyl (C=O) groups excluding carboxylic acids is 1. The fourth-order valence-corrected chi connectivity index (χ4v) is 2.52. The highest BCUT2D eigenvalue weighted by molar-refractivity contribution is 9.10. The van der Waals surface area contributed by atoms with E-state index < -0.39 is 4.92 Å². The van der Waals surface area contributed by atoms with Crippen molar-refractivity contribution < 1.29 is 9.72 Å². The number of rotatable bonds is 5. The van der Waals surface area contributed by atoms with Gasteiger partial charge in [0, 0.05) is 12.0 Å². The minimum Gasteiger partial charge on any atom is -0.300 e. The molecule has 1 atom stereocenters. The van der Waals surface area contributed by atoms with E-state index in [1.165, 1.54) is 6.07 Å². The maximum absolute atomic E-state index is 11.6. The molecule has 0 heterocycles. The number of hydrogen-bond donors (Lipinski definition) is 0. The van der Waals surface area contributed by atoms with E-state index in [9.17, 15) is 14.9 Å². The molecule has 0 bridgehead atoms. The number of hydrogen-bond acceptors (Lipinski definition) is 3. The third kappa shape index (κ3) is 3.38. The molecule has 0 spiro atoms. The molecule has 1 rings (SSSR count). The minimum atomic E-state index is -0.425. The molecule has 1 aromatic rings. The zero-order chi connectivity index (χ0) is 13.9. The fourth-order valence-electron chi connectivity index (χ4n) is 1.95. The summed E-state index contributed by atoms with van der Waals surface area (Å²) in [6, 6.07) is 4.91. The van der Waals surface area contributed by atoms with Crippen LogP contribution in [-0.4, -0.2) is 10.7 Å². The first-order valence-corrected chi connectivity index (χ1v) is 6.56. The van der Waals surface area contributed by atoms with Gasteiger partial charge in [-0.3, -0.25) is 14.9 Å². The molecule has 0 aliphatic carbocycles. The van der Waals surface area contributed by atoms with Crippen molar-refractivity contribution in [1.29, 1.82) is 0 Å². The van der Waals surface area contributed by atoms with Crippen LogP contribution in [0.25, 0.3) is 0 Å². The summed E-state index contributed by atoms with van der Waals surface area (Å²) in [6.07, 6.45) is 0.523. The lowest BCUT2D eigenvalue weighted by molar-refractivity contribution is -0.385. The normalized spacial score (nSPS) is 12.5. The number of nitrogens with zero attached hydrogens (tertiary/aromatic N) is 1. The summed E-state index contributed by atoms with van der Waals surface area (Å²) < 4.78 is 0.474. The molecular weight excluding hydrogens is 298 g/mol. The lowest BCUT2D eigenvalue weighted by atomic mass is 9.86. The standard InChI is InChI=1S/C13H16BrNO3/c1-8(2)11(9(3)16)7-10-5-4-6-12(13(10)14)15(17)18/h4-6,8,11H,7H2,1-3H3.